The van der Waals surface area contributed by atoms with Gasteiger partial charge in [0.2, 0.25) is 0 Å². The molecule has 0 aromatic carbocycles. The van der Waals surface area contributed by atoms with Gasteiger partial charge in [0.05, 0.1) is 6.61 Å². The third-order valence-corrected chi connectivity index (χ3v) is 2.61. The van der Waals surface area contributed by atoms with E-state index in [1.54, 1.807) is 0 Å². The largest absolute Gasteiger partial charge is 0.450 e. The second-order valence-electron chi connectivity index (χ2n) is 3.34. The number of rotatable bonds is 1. The Kier molecular flexibility index (Phi) is 1.51. The monoisotopic (exact) mass is 155 g/mol. The molecule has 0 N–H and O–H groups in total. The van der Waals surface area contributed by atoms with Crippen LogP contribution in [0.15, 0.2) is 0 Å². The van der Waals surface area contributed by atoms with E-state index >= 15 is 0 Å². The van der Waals surface area contributed by atoms with Crippen molar-refractivity contribution in [1.29, 1.82) is 0 Å². The molecule has 3 nitrogen and oxygen atoms in total. The molecule has 0 unspecified atom stereocenters. The minimum atomic E-state index is -0.113. The molecule has 0 aromatic rings. The maximum absolute atomic E-state index is 11.2. The lowest BCUT2D eigenvalue weighted by Crippen LogP contribution is -2.34. The van der Waals surface area contributed by atoms with Crippen LogP contribution >= 0.6 is 0 Å². The first-order valence-corrected chi connectivity index (χ1v) is 4.24. The van der Waals surface area contributed by atoms with E-state index in [4.69, 9.17) is 4.74 Å². The molecule has 11 heavy (non-hydrogen) atoms. The predicted molar refractivity (Wildman–Crippen MR) is 40.2 cm³/mol. The van der Waals surface area contributed by atoms with Gasteiger partial charge in [0.15, 0.2) is 0 Å². The van der Waals surface area contributed by atoms with Gasteiger partial charge < -0.3 is 9.64 Å². The van der Waals surface area contributed by atoms with Crippen LogP contribution in [0.1, 0.15) is 19.8 Å². The summed E-state index contributed by atoms with van der Waals surface area (Å²) in [4.78, 5) is 13.1. The molecule has 3 fully saturated rings. The predicted octanol–water partition coefficient (Wildman–Crippen LogP) is 1.24. The average Bonchev–Trinajstić information content (AvgIpc) is 2.41. The second-order valence-corrected chi connectivity index (χ2v) is 3.34. The van der Waals surface area contributed by atoms with Crippen LogP contribution in [0.5, 0.6) is 0 Å². The fourth-order valence-electron chi connectivity index (χ4n) is 1.96. The number of nitrogens with zero attached hydrogens (tertiary/aromatic N) is 1. The summed E-state index contributed by atoms with van der Waals surface area (Å²) in [7, 11) is 0. The fourth-order valence-corrected chi connectivity index (χ4v) is 1.96. The van der Waals surface area contributed by atoms with Crippen molar-refractivity contribution < 1.29 is 9.53 Å². The molecule has 1 saturated carbocycles. The highest BCUT2D eigenvalue weighted by molar-refractivity contribution is 5.69. The SMILES string of the molecule is CCOC(=O)N1CC2CC1C2. The molecule has 1 aliphatic carbocycles. The molecule has 3 aliphatic rings. The average molecular weight is 155 g/mol. The van der Waals surface area contributed by atoms with Crippen molar-refractivity contribution in [1.82, 2.24) is 4.90 Å². The Hall–Kier alpha value is -0.730. The van der Waals surface area contributed by atoms with E-state index in [1.165, 1.54) is 12.8 Å². The number of carbonyl (C=O) groups is 1. The molecule has 0 spiro atoms. The lowest BCUT2D eigenvalue weighted by molar-refractivity contribution is 0.106. The number of carbonyl (C=O) groups excluding carboxylic acids is 1. The molecular weight excluding hydrogens is 142 g/mol. The maximum Gasteiger partial charge on any atom is 0.410 e. The lowest BCUT2D eigenvalue weighted by Gasteiger charge is -2.24. The second kappa shape index (κ2) is 2.40. The molecule has 2 bridgehead atoms. The first kappa shape index (κ1) is 6.95. The minimum Gasteiger partial charge on any atom is -0.450 e. The molecule has 2 saturated heterocycles. The minimum absolute atomic E-state index is 0.113. The van der Waals surface area contributed by atoms with Crippen LogP contribution in [0.25, 0.3) is 0 Å². The number of amides is 1. The van der Waals surface area contributed by atoms with Crippen LogP contribution in [0, 0.1) is 5.92 Å². The third-order valence-electron chi connectivity index (χ3n) is 2.61. The first-order valence-electron chi connectivity index (χ1n) is 4.24. The molecule has 2 aliphatic heterocycles. The van der Waals surface area contributed by atoms with Crippen molar-refractivity contribution in [3.8, 4) is 0 Å². The van der Waals surface area contributed by atoms with Crippen LogP contribution in [-0.4, -0.2) is 30.2 Å². The molecule has 0 aromatic heterocycles. The Balaban J connectivity index is 1.90. The summed E-state index contributed by atoms with van der Waals surface area (Å²) < 4.78 is 4.91. The number of hydrogen-bond acceptors (Lipinski definition) is 2. The van der Waals surface area contributed by atoms with Gasteiger partial charge >= 0.3 is 6.09 Å². The van der Waals surface area contributed by atoms with E-state index in [0.717, 1.165) is 12.5 Å². The lowest BCUT2D eigenvalue weighted by atomic mass is 9.86. The molecular formula is C8H13NO2. The number of ether oxygens (including phenoxy) is 1. The molecule has 0 atom stereocenters. The van der Waals surface area contributed by atoms with Crippen LogP contribution in [-0.2, 0) is 4.74 Å². The Labute approximate surface area is 66.3 Å². The van der Waals surface area contributed by atoms with E-state index in [2.05, 4.69) is 0 Å². The summed E-state index contributed by atoms with van der Waals surface area (Å²) in [5.74, 6) is 0.782. The van der Waals surface area contributed by atoms with Crippen LogP contribution < -0.4 is 0 Å². The van der Waals surface area contributed by atoms with Gasteiger partial charge in [-0.05, 0) is 25.7 Å². The van der Waals surface area contributed by atoms with Gasteiger partial charge in [0.1, 0.15) is 0 Å². The van der Waals surface area contributed by atoms with E-state index in [1.807, 2.05) is 11.8 Å². The molecule has 1 amide bonds. The van der Waals surface area contributed by atoms with Crippen molar-refractivity contribution in [2.75, 3.05) is 13.2 Å². The summed E-state index contributed by atoms with van der Waals surface area (Å²) in [5.41, 5.74) is 0. The Morgan fingerprint density at radius 3 is 2.82 bits per heavy atom. The van der Waals surface area contributed by atoms with Crippen molar-refractivity contribution >= 4 is 6.09 Å². The number of fused-ring (bicyclic) bond motifs is 1. The summed E-state index contributed by atoms with van der Waals surface area (Å²) in [6.45, 7) is 3.27. The van der Waals surface area contributed by atoms with Gasteiger partial charge in [-0.3, -0.25) is 0 Å². The Morgan fingerprint density at radius 2 is 2.36 bits per heavy atom. The molecule has 3 rings (SSSR count). The molecule has 3 heteroatoms. The van der Waals surface area contributed by atoms with Crippen LogP contribution in [0.2, 0.25) is 0 Å². The first-order chi connectivity index (χ1) is 5.31. The Bertz CT molecular complexity index is 175. The summed E-state index contributed by atoms with van der Waals surface area (Å²) in [6, 6.07) is 0.513. The number of hydrogen-bond donors (Lipinski definition) is 0. The van der Waals surface area contributed by atoms with Gasteiger partial charge in [-0.2, -0.15) is 0 Å². The van der Waals surface area contributed by atoms with Gasteiger partial charge in [0.25, 0.3) is 0 Å². The summed E-state index contributed by atoms with van der Waals surface area (Å²) >= 11 is 0. The van der Waals surface area contributed by atoms with Crippen LogP contribution in [0.3, 0.4) is 0 Å². The van der Waals surface area contributed by atoms with Crippen LogP contribution in [0.4, 0.5) is 4.79 Å². The van der Waals surface area contributed by atoms with E-state index < -0.39 is 0 Å². The quantitative estimate of drug-likeness (QED) is 0.570. The van der Waals surface area contributed by atoms with Crippen molar-refractivity contribution in [3.63, 3.8) is 0 Å². The fraction of sp³-hybridized carbons (Fsp3) is 0.875. The topological polar surface area (TPSA) is 29.5 Å². The molecule has 2 heterocycles. The Morgan fingerprint density at radius 1 is 1.64 bits per heavy atom. The maximum atomic E-state index is 11.2. The summed E-state index contributed by atoms with van der Waals surface area (Å²) in [6.07, 6.45) is 2.30. The zero-order valence-corrected chi connectivity index (χ0v) is 6.75. The molecule has 62 valence electrons. The zero-order chi connectivity index (χ0) is 7.84. The summed E-state index contributed by atoms with van der Waals surface area (Å²) in [5, 5.41) is 0. The van der Waals surface area contributed by atoms with Crippen molar-refractivity contribution in [2.45, 2.75) is 25.8 Å². The van der Waals surface area contributed by atoms with Gasteiger partial charge in [0, 0.05) is 12.6 Å². The van der Waals surface area contributed by atoms with Gasteiger partial charge in [-0.15, -0.1) is 0 Å². The van der Waals surface area contributed by atoms with E-state index in [9.17, 15) is 4.79 Å². The normalized spacial score (nSPS) is 33.4. The zero-order valence-electron chi connectivity index (χ0n) is 6.75. The van der Waals surface area contributed by atoms with Crippen molar-refractivity contribution in [2.24, 2.45) is 5.92 Å². The molecule has 0 radical (unpaired) electrons. The highest BCUT2D eigenvalue weighted by atomic mass is 16.6. The third kappa shape index (κ3) is 0.988. The van der Waals surface area contributed by atoms with Gasteiger partial charge in [-0.25, -0.2) is 4.79 Å². The standard InChI is InChI=1S/C8H13NO2/c1-2-11-8(10)9-5-6-3-7(9)4-6/h6-7H,2-5H2,1H3. The highest BCUT2D eigenvalue weighted by Crippen LogP contribution is 2.40. The highest BCUT2D eigenvalue weighted by Gasteiger charge is 2.45. The smallest absolute Gasteiger partial charge is 0.410 e. The van der Waals surface area contributed by atoms with E-state index in [0.29, 0.717) is 12.6 Å². The van der Waals surface area contributed by atoms with Crippen molar-refractivity contribution in [3.05, 3.63) is 0 Å². The van der Waals surface area contributed by atoms with Gasteiger partial charge in [-0.1, -0.05) is 0 Å². The van der Waals surface area contributed by atoms with E-state index in [-0.39, 0.29) is 6.09 Å².